The Balaban J connectivity index is 2.98. The van der Waals surface area contributed by atoms with Crippen LogP contribution in [0.5, 0.6) is 5.75 Å². The third-order valence-electron chi connectivity index (χ3n) is 9.73. The first-order valence-corrected chi connectivity index (χ1v) is 15.7. The Bertz CT molecular complexity index is 1100. The number of hydrogen-bond donors (Lipinski definition) is 2. The minimum atomic E-state index is -0.139. The van der Waals surface area contributed by atoms with Crippen molar-refractivity contribution in [3.05, 3.63) is 63.2 Å². The van der Waals surface area contributed by atoms with E-state index >= 15 is 0 Å². The smallest absolute Gasteiger partial charge is 0.123 e. The average Bonchev–Trinajstić information content (AvgIpc) is 2.96. The molecular formula is C36H55NO2. The summed E-state index contributed by atoms with van der Waals surface area (Å²) in [6.07, 6.45) is 10.4. The topological polar surface area (TPSA) is 64.2 Å². The van der Waals surface area contributed by atoms with E-state index in [1.54, 1.807) is 0 Å². The second kappa shape index (κ2) is 14.9. The number of hydrogen-bond acceptors (Lipinski definition) is 3. The predicted octanol–water partition coefficient (Wildman–Crippen LogP) is 9.62. The van der Waals surface area contributed by atoms with Crippen molar-refractivity contribution in [2.24, 2.45) is 0 Å². The fourth-order valence-electron chi connectivity index (χ4n) is 6.03. The van der Waals surface area contributed by atoms with E-state index in [2.05, 4.69) is 85.7 Å². The zero-order valence-corrected chi connectivity index (χ0v) is 26.2. The van der Waals surface area contributed by atoms with Gasteiger partial charge in [-0.1, -0.05) is 92.5 Å². The van der Waals surface area contributed by atoms with Gasteiger partial charge in [-0.3, -0.25) is 0 Å². The van der Waals surface area contributed by atoms with Crippen LogP contribution in [0.15, 0.2) is 24.3 Å². The van der Waals surface area contributed by atoms with Crippen LogP contribution in [0.2, 0.25) is 0 Å². The maximum Gasteiger partial charge on any atom is 0.123 e. The zero-order chi connectivity index (χ0) is 29.2. The summed E-state index contributed by atoms with van der Waals surface area (Å²) in [5.41, 5.74) is 7.25. The van der Waals surface area contributed by atoms with E-state index in [9.17, 15) is 15.5 Å². The van der Waals surface area contributed by atoms with Gasteiger partial charge in [-0.15, -0.1) is 0 Å². The molecule has 0 bridgehead atoms. The van der Waals surface area contributed by atoms with Crippen molar-refractivity contribution >= 4 is 0 Å². The van der Waals surface area contributed by atoms with Gasteiger partial charge >= 0.3 is 0 Å². The first-order valence-electron chi connectivity index (χ1n) is 15.7. The number of nitrogens with zero attached hydrogens (tertiary/aromatic N) is 1. The van der Waals surface area contributed by atoms with Gasteiger partial charge in [-0.05, 0) is 90.9 Å². The van der Waals surface area contributed by atoms with Crippen LogP contribution < -0.4 is 0 Å². The molecule has 1 atom stereocenters. The van der Waals surface area contributed by atoms with E-state index in [4.69, 9.17) is 0 Å². The molecule has 2 aromatic rings. The van der Waals surface area contributed by atoms with E-state index in [0.717, 1.165) is 92.0 Å². The molecule has 2 aromatic carbocycles. The SMILES string of the molecule is CCCCc1cc(C(CCC)c2cc(CCCO)cc(C(C)(CC)CC)c2O)c(C#N)c(C(C)(CC)CC)c1. The molecule has 0 radical (unpaired) electrons. The monoisotopic (exact) mass is 533 g/mol. The normalized spacial score (nSPS) is 12.9. The lowest BCUT2D eigenvalue weighted by Gasteiger charge is -2.33. The second-order valence-corrected chi connectivity index (χ2v) is 12.1. The van der Waals surface area contributed by atoms with Gasteiger partial charge in [0, 0.05) is 23.7 Å². The summed E-state index contributed by atoms with van der Waals surface area (Å²) in [4.78, 5) is 0. The van der Waals surface area contributed by atoms with Crippen molar-refractivity contribution in [1.29, 1.82) is 5.26 Å². The Labute approximate surface area is 239 Å². The highest BCUT2D eigenvalue weighted by Crippen LogP contribution is 2.46. The van der Waals surface area contributed by atoms with Crippen LogP contribution in [-0.2, 0) is 23.7 Å². The van der Waals surface area contributed by atoms with Gasteiger partial charge in [0.1, 0.15) is 5.75 Å². The largest absolute Gasteiger partial charge is 0.507 e. The molecule has 0 spiro atoms. The molecular weight excluding hydrogens is 478 g/mol. The van der Waals surface area contributed by atoms with Crippen LogP contribution >= 0.6 is 0 Å². The fourth-order valence-corrected chi connectivity index (χ4v) is 6.03. The number of rotatable bonds is 16. The molecule has 0 saturated heterocycles. The average molecular weight is 534 g/mol. The Hall–Kier alpha value is -2.31. The van der Waals surface area contributed by atoms with E-state index in [1.165, 1.54) is 11.1 Å². The maximum atomic E-state index is 12.0. The lowest BCUT2D eigenvalue weighted by molar-refractivity contribution is 0.288. The Morgan fingerprint density at radius 1 is 0.744 bits per heavy atom. The van der Waals surface area contributed by atoms with Gasteiger partial charge in [-0.2, -0.15) is 5.26 Å². The van der Waals surface area contributed by atoms with E-state index in [0.29, 0.717) is 12.2 Å². The molecule has 0 aliphatic rings. The summed E-state index contributed by atoms with van der Waals surface area (Å²) in [7, 11) is 0. The summed E-state index contributed by atoms with van der Waals surface area (Å²) >= 11 is 0. The Kier molecular flexibility index (Phi) is 12.6. The van der Waals surface area contributed by atoms with Gasteiger partial charge in [0.05, 0.1) is 11.6 Å². The molecule has 0 aromatic heterocycles. The summed E-state index contributed by atoms with van der Waals surface area (Å²) in [6.45, 7) is 18.0. The van der Waals surface area contributed by atoms with Crippen LogP contribution in [0.1, 0.15) is 158 Å². The van der Waals surface area contributed by atoms with Crippen molar-refractivity contribution < 1.29 is 10.2 Å². The number of phenolic OH excluding ortho intramolecular Hbond substituents is 1. The zero-order valence-electron chi connectivity index (χ0n) is 26.2. The molecule has 2 rings (SSSR count). The molecule has 3 nitrogen and oxygen atoms in total. The lowest BCUT2D eigenvalue weighted by Crippen LogP contribution is -2.23. The van der Waals surface area contributed by atoms with Crippen molar-refractivity contribution in [2.45, 2.75) is 143 Å². The van der Waals surface area contributed by atoms with Gasteiger partial charge in [0.15, 0.2) is 0 Å². The fraction of sp³-hybridized carbons (Fsp3) is 0.639. The van der Waals surface area contributed by atoms with Crippen molar-refractivity contribution in [3.63, 3.8) is 0 Å². The van der Waals surface area contributed by atoms with E-state index in [1.807, 2.05) is 0 Å². The van der Waals surface area contributed by atoms with Crippen molar-refractivity contribution in [3.8, 4) is 11.8 Å². The standard InChI is InChI=1S/C36H55NO2/c1-9-15-18-26-21-29(31(25-37)32(23-26)35(7,11-3)12-4)28(17-10-2)30-22-27(19-16-20-38)24-33(34(30)39)36(8,13-5)14-6/h21-24,28,38-39H,9-20H2,1-8H3. The summed E-state index contributed by atoms with van der Waals surface area (Å²) in [5.74, 6) is 0.333. The summed E-state index contributed by atoms with van der Waals surface area (Å²) in [6, 6.07) is 11.6. The molecule has 0 saturated carbocycles. The predicted molar refractivity (Wildman–Crippen MR) is 166 cm³/mol. The molecule has 3 heteroatoms. The first kappa shape index (κ1) is 32.9. The number of aryl methyl sites for hydroxylation is 2. The van der Waals surface area contributed by atoms with Gasteiger partial charge in [0.25, 0.3) is 0 Å². The Morgan fingerprint density at radius 2 is 1.26 bits per heavy atom. The molecule has 0 fully saturated rings. The lowest BCUT2D eigenvalue weighted by atomic mass is 9.71. The third kappa shape index (κ3) is 7.26. The minimum Gasteiger partial charge on any atom is -0.507 e. The molecule has 2 N–H and O–H groups in total. The number of phenols is 1. The summed E-state index contributed by atoms with van der Waals surface area (Å²) < 4.78 is 0. The number of aromatic hydroxyl groups is 1. The van der Waals surface area contributed by atoms with Crippen molar-refractivity contribution in [1.82, 2.24) is 0 Å². The second-order valence-electron chi connectivity index (χ2n) is 12.1. The van der Waals surface area contributed by atoms with Crippen LogP contribution in [-0.4, -0.2) is 16.8 Å². The number of aliphatic hydroxyl groups is 1. The molecule has 0 aliphatic carbocycles. The quantitative estimate of drug-likeness (QED) is 0.226. The molecule has 0 amide bonds. The summed E-state index contributed by atoms with van der Waals surface area (Å²) in [5, 5.41) is 32.2. The van der Waals surface area contributed by atoms with Crippen LogP contribution in [0.3, 0.4) is 0 Å². The number of nitriles is 1. The highest BCUT2D eigenvalue weighted by Gasteiger charge is 2.33. The Morgan fingerprint density at radius 3 is 1.74 bits per heavy atom. The number of benzene rings is 2. The van der Waals surface area contributed by atoms with Crippen LogP contribution in [0, 0.1) is 11.3 Å². The maximum absolute atomic E-state index is 12.0. The minimum absolute atomic E-state index is 0.0614. The van der Waals surface area contributed by atoms with E-state index < -0.39 is 0 Å². The highest BCUT2D eigenvalue weighted by molar-refractivity contribution is 5.58. The number of aliphatic hydroxyl groups excluding tert-OH is 1. The number of unbranched alkanes of at least 4 members (excludes halogenated alkanes) is 1. The molecule has 1 unspecified atom stereocenters. The van der Waals surface area contributed by atoms with Gasteiger partial charge in [-0.25, -0.2) is 0 Å². The molecule has 39 heavy (non-hydrogen) atoms. The highest BCUT2D eigenvalue weighted by atomic mass is 16.3. The van der Waals surface area contributed by atoms with Crippen molar-refractivity contribution in [2.75, 3.05) is 6.61 Å². The molecule has 0 heterocycles. The van der Waals surface area contributed by atoms with Gasteiger partial charge < -0.3 is 10.2 Å². The van der Waals surface area contributed by atoms with Crippen LogP contribution in [0.4, 0.5) is 0 Å². The van der Waals surface area contributed by atoms with Gasteiger partial charge in [0.2, 0.25) is 0 Å². The molecule has 216 valence electrons. The third-order valence-corrected chi connectivity index (χ3v) is 9.73. The van der Waals surface area contributed by atoms with E-state index in [-0.39, 0.29) is 23.4 Å². The first-order chi connectivity index (χ1) is 18.6. The molecule has 0 aliphatic heterocycles. The van der Waals surface area contributed by atoms with Crippen LogP contribution in [0.25, 0.3) is 0 Å².